The Morgan fingerprint density at radius 1 is 1.00 bits per heavy atom. The van der Waals surface area contributed by atoms with Crippen LogP contribution in [0.1, 0.15) is 22.7 Å². The number of hydrogen-bond donors (Lipinski definition) is 0. The standard InChI is InChI=1S/C23H17FN2S/c24-18-8-4-9-19(15-18)26-21-14-17(16-6-2-1-3-7-16)11-12-20(21)23(25-26)22-10-5-13-27-22/h1-13,15,17H,14H2. The maximum absolute atomic E-state index is 13.9. The van der Waals surface area contributed by atoms with Gasteiger partial charge in [0, 0.05) is 17.9 Å². The number of benzene rings is 2. The lowest BCUT2D eigenvalue weighted by atomic mass is 9.87. The van der Waals surface area contributed by atoms with E-state index in [2.05, 4.69) is 47.9 Å². The summed E-state index contributed by atoms with van der Waals surface area (Å²) in [5, 5.41) is 6.94. The Hall–Kier alpha value is -2.98. The summed E-state index contributed by atoms with van der Waals surface area (Å²) in [4.78, 5) is 1.13. The first-order valence-electron chi connectivity index (χ1n) is 8.94. The molecule has 2 heterocycles. The van der Waals surface area contributed by atoms with Crippen molar-refractivity contribution in [1.29, 1.82) is 0 Å². The van der Waals surface area contributed by atoms with Gasteiger partial charge in [-0.2, -0.15) is 5.10 Å². The first kappa shape index (κ1) is 16.2. The number of thiophene rings is 1. The maximum atomic E-state index is 13.9. The van der Waals surface area contributed by atoms with E-state index < -0.39 is 0 Å². The zero-order chi connectivity index (χ0) is 18.2. The first-order chi connectivity index (χ1) is 13.3. The van der Waals surface area contributed by atoms with Crippen LogP contribution >= 0.6 is 11.3 Å². The van der Waals surface area contributed by atoms with E-state index in [9.17, 15) is 4.39 Å². The Morgan fingerprint density at radius 2 is 1.89 bits per heavy atom. The Bertz CT molecular complexity index is 1110. The SMILES string of the molecule is Fc1cccc(-n2nc(-c3cccs3)c3c2CC(c2ccccc2)C=C3)c1. The van der Waals surface area contributed by atoms with Gasteiger partial charge in [0.05, 0.1) is 16.3 Å². The van der Waals surface area contributed by atoms with Crippen molar-refractivity contribution in [3.63, 3.8) is 0 Å². The largest absolute Gasteiger partial charge is 0.236 e. The minimum Gasteiger partial charge on any atom is -0.236 e. The van der Waals surface area contributed by atoms with Crippen molar-refractivity contribution in [3.05, 3.63) is 101 Å². The van der Waals surface area contributed by atoms with E-state index in [4.69, 9.17) is 5.10 Å². The van der Waals surface area contributed by atoms with E-state index in [0.29, 0.717) is 5.92 Å². The van der Waals surface area contributed by atoms with Crippen molar-refractivity contribution in [1.82, 2.24) is 9.78 Å². The van der Waals surface area contributed by atoms with Crippen LogP contribution < -0.4 is 0 Å². The molecule has 132 valence electrons. The maximum Gasteiger partial charge on any atom is 0.125 e. The van der Waals surface area contributed by atoms with Crippen molar-refractivity contribution in [3.8, 4) is 16.3 Å². The molecule has 0 saturated heterocycles. The molecule has 0 bridgehead atoms. The van der Waals surface area contributed by atoms with Gasteiger partial charge in [0.25, 0.3) is 0 Å². The van der Waals surface area contributed by atoms with Crippen LogP contribution in [0.5, 0.6) is 0 Å². The molecule has 0 spiro atoms. The van der Waals surface area contributed by atoms with Crippen LogP contribution in [0, 0.1) is 5.82 Å². The Balaban J connectivity index is 1.66. The zero-order valence-corrected chi connectivity index (χ0v) is 15.4. The number of allylic oxidation sites excluding steroid dienone is 1. The summed E-state index contributed by atoms with van der Waals surface area (Å²) in [5.41, 5.74) is 5.27. The Kier molecular flexibility index (Phi) is 3.98. The average molecular weight is 372 g/mol. The fourth-order valence-electron chi connectivity index (χ4n) is 3.67. The van der Waals surface area contributed by atoms with Gasteiger partial charge in [-0.05, 0) is 35.2 Å². The molecule has 1 aliphatic rings. The molecule has 1 atom stereocenters. The summed E-state index contributed by atoms with van der Waals surface area (Å²) in [6.07, 6.45) is 5.27. The molecule has 0 aliphatic heterocycles. The second-order valence-corrected chi connectivity index (χ2v) is 7.61. The number of hydrogen-bond acceptors (Lipinski definition) is 2. The summed E-state index contributed by atoms with van der Waals surface area (Å²) in [6.45, 7) is 0. The van der Waals surface area contributed by atoms with E-state index in [1.807, 2.05) is 22.9 Å². The van der Waals surface area contributed by atoms with Gasteiger partial charge < -0.3 is 0 Å². The van der Waals surface area contributed by atoms with E-state index in [-0.39, 0.29) is 5.82 Å². The van der Waals surface area contributed by atoms with E-state index in [0.717, 1.165) is 33.9 Å². The molecule has 1 aliphatic carbocycles. The van der Waals surface area contributed by atoms with Gasteiger partial charge in [0.2, 0.25) is 0 Å². The van der Waals surface area contributed by atoms with E-state index in [1.165, 1.54) is 11.6 Å². The molecule has 4 heteroatoms. The normalized spacial score (nSPS) is 15.7. The third-order valence-corrected chi connectivity index (χ3v) is 5.84. The topological polar surface area (TPSA) is 17.8 Å². The predicted octanol–water partition coefficient (Wildman–Crippen LogP) is 6.09. The predicted molar refractivity (Wildman–Crippen MR) is 109 cm³/mol. The first-order valence-corrected chi connectivity index (χ1v) is 9.82. The van der Waals surface area contributed by atoms with Gasteiger partial charge in [-0.15, -0.1) is 11.3 Å². The summed E-state index contributed by atoms with van der Waals surface area (Å²) >= 11 is 1.67. The minimum absolute atomic E-state index is 0.250. The van der Waals surface area contributed by atoms with Gasteiger partial charge in [0.1, 0.15) is 11.5 Å². The summed E-state index contributed by atoms with van der Waals surface area (Å²) in [6, 6.07) is 21.3. The smallest absolute Gasteiger partial charge is 0.125 e. The highest BCUT2D eigenvalue weighted by Gasteiger charge is 2.25. The zero-order valence-electron chi connectivity index (χ0n) is 14.5. The second kappa shape index (κ2) is 6.63. The van der Waals surface area contributed by atoms with Crippen LogP contribution in [0.15, 0.2) is 78.2 Å². The molecular formula is C23H17FN2S. The average Bonchev–Trinajstić information content (AvgIpc) is 3.36. The highest BCUT2D eigenvalue weighted by Crippen LogP contribution is 2.38. The minimum atomic E-state index is -0.250. The molecule has 5 rings (SSSR count). The Morgan fingerprint density at radius 3 is 2.67 bits per heavy atom. The van der Waals surface area contributed by atoms with Crippen molar-refractivity contribution in [2.45, 2.75) is 12.3 Å². The third-order valence-electron chi connectivity index (χ3n) is 4.97. The molecule has 0 fully saturated rings. The van der Waals surface area contributed by atoms with Gasteiger partial charge in [0.15, 0.2) is 0 Å². The molecular weight excluding hydrogens is 355 g/mol. The summed E-state index contributed by atoms with van der Waals surface area (Å²) in [7, 11) is 0. The number of rotatable bonds is 3. The van der Waals surface area contributed by atoms with Crippen LogP contribution in [-0.4, -0.2) is 9.78 Å². The summed E-state index contributed by atoms with van der Waals surface area (Å²) < 4.78 is 15.8. The lowest BCUT2D eigenvalue weighted by Crippen LogP contribution is -2.10. The fourth-order valence-corrected chi connectivity index (χ4v) is 4.39. The molecule has 2 nitrogen and oxygen atoms in total. The molecule has 0 saturated carbocycles. The lowest BCUT2D eigenvalue weighted by Gasteiger charge is -2.19. The van der Waals surface area contributed by atoms with Crippen LogP contribution in [-0.2, 0) is 6.42 Å². The van der Waals surface area contributed by atoms with Crippen molar-refractivity contribution < 1.29 is 4.39 Å². The van der Waals surface area contributed by atoms with Crippen LogP contribution in [0.25, 0.3) is 22.3 Å². The van der Waals surface area contributed by atoms with Crippen LogP contribution in [0.3, 0.4) is 0 Å². The Labute approximate surface area is 161 Å². The van der Waals surface area contributed by atoms with Crippen molar-refractivity contribution >= 4 is 17.4 Å². The number of halogens is 1. The highest BCUT2D eigenvalue weighted by atomic mass is 32.1. The molecule has 0 amide bonds. The van der Waals surface area contributed by atoms with Crippen LogP contribution in [0.4, 0.5) is 4.39 Å². The van der Waals surface area contributed by atoms with Gasteiger partial charge in [-0.1, -0.05) is 54.6 Å². The van der Waals surface area contributed by atoms with Crippen LogP contribution in [0.2, 0.25) is 0 Å². The monoisotopic (exact) mass is 372 g/mol. The van der Waals surface area contributed by atoms with Gasteiger partial charge in [-0.25, -0.2) is 9.07 Å². The fraction of sp³-hybridized carbons (Fsp3) is 0.0870. The number of aromatic nitrogens is 2. The van der Waals surface area contributed by atoms with E-state index >= 15 is 0 Å². The molecule has 2 aromatic carbocycles. The van der Waals surface area contributed by atoms with Crippen molar-refractivity contribution in [2.75, 3.05) is 0 Å². The lowest BCUT2D eigenvalue weighted by molar-refractivity contribution is 0.624. The van der Waals surface area contributed by atoms with Gasteiger partial charge in [-0.3, -0.25) is 0 Å². The second-order valence-electron chi connectivity index (χ2n) is 6.66. The summed E-state index contributed by atoms with van der Waals surface area (Å²) in [5.74, 6) is 0.0410. The third kappa shape index (κ3) is 2.92. The molecule has 4 aromatic rings. The molecule has 0 N–H and O–H groups in total. The molecule has 2 aromatic heterocycles. The molecule has 1 unspecified atom stereocenters. The number of nitrogens with zero attached hydrogens (tertiary/aromatic N) is 2. The van der Waals surface area contributed by atoms with Gasteiger partial charge >= 0.3 is 0 Å². The van der Waals surface area contributed by atoms with E-state index in [1.54, 1.807) is 23.5 Å². The number of fused-ring (bicyclic) bond motifs is 1. The highest BCUT2D eigenvalue weighted by molar-refractivity contribution is 7.13. The van der Waals surface area contributed by atoms with Crippen molar-refractivity contribution in [2.24, 2.45) is 0 Å². The quantitative estimate of drug-likeness (QED) is 0.425. The molecule has 27 heavy (non-hydrogen) atoms. The molecule has 0 radical (unpaired) electrons.